The minimum absolute atomic E-state index is 0.455. The Morgan fingerprint density at radius 3 is 2.58 bits per heavy atom. The molecule has 1 aromatic rings. The van der Waals surface area contributed by atoms with Crippen molar-refractivity contribution in [1.29, 1.82) is 5.26 Å². The minimum Gasteiger partial charge on any atom is -0.389 e. The molecule has 1 aromatic heterocycles. The number of hydrogen-bond donors (Lipinski definition) is 1. The molecule has 5 nitrogen and oxygen atoms in total. The quantitative estimate of drug-likeness (QED) is 0.872. The zero-order valence-corrected chi connectivity index (χ0v) is 11.5. The van der Waals surface area contributed by atoms with Crippen LogP contribution in [0.5, 0.6) is 0 Å². The number of nitriles is 1. The van der Waals surface area contributed by atoms with Gasteiger partial charge in [-0.3, -0.25) is 4.90 Å². The van der Waals surface area contributed by atoms with E-state index in [2.05, 4.69) is 20.9 Å². The predicted octanol–water partition coefficient (Wildman–Crippen LogP) is 0.846. The number of pyridine rings is 1. The number of piperazine rings is 1. The average Bonchev–Trinajstić information content (AvgIpc) is 2.38. The van der Waals surface area contributed by atoms with E-state index in [1.807, 2.05) is 26.0 Å². The molecule has 102 valence electrons. The highest BCUT2D eigenvalue weighted by Gasteiger charge is 2.23. The Hall–Kier alpha value is -1.64. The molecule has 0 amide bonds. The van der Waals surface area contributed by atoms with Crippen LogP contribution in [0.3, 0.4) is 0 Å². The summed E-state index contributed by atoms with van der Waals surface area (Å²) in [5.74, 6) is 0.863. The molecule has 19 heavy (non-hydrogen) atoms. The van der Waals surface area contributed by atoms with E-state index in [1.165, 1.54) is 0 Å². The molecule has 2 heterocycles. The highest BCUT2D eigenvalue weighted by Crippen LogP contribution is 2.15. The summed E-state index contributed by atoms with van der Waals surface area (Å²) >= 11 is 0. The molecule has 0 bridgehead atoms. The summed E-state index contributed by atoms with van der Waals surface area (Å²) in [4.78, 5) is 8.75. The van der Waals surface area contributed by atoms with Crippen LogP contribution in [-0.2, 0) is 0 Å². The van der Waals surface area contributed by atoms with Crippen molar-refractivity contribution in [3.8, 4) is 6.07 Å². The van der Waals surface area contributed by atoms with E-state index in [9.17, 15) is 5.11 Å². The van der Waals surface area contributed by atoms with Crippen molar-refractivity contribution in [2.24, 2.45) is 0 Å². The van der Waals surface area contributed by atoms with Gasteiger partial charge in [-0.1, -0.05) is 6.07 Å². The Kier molecular flexibility index (Phi) is 4.03. The molecule has 1 aliphatic heterocycles. The molecule has 2 rings (SSSR count). The molecule has 1 fully saturated rings. The second-order valence-corrected chi connectivity index (χ2v) is 5.57. The number of β-amino-alcohol motifs (C(OH)–C–C–N with tert-alkyl or cyclic N) is 1. The van der Waals surface area contributed by atoms with E-state index in [1.54, 1.807) is 6.07 Å². The minimum atomic E-state index is -0.652. The van der Waals surface area contributed by atoms with Crippen LogP contribution in [0.25, 0.3) is 0 Å². The smallest absolute Gasteiger partial charge is 0.142 e. The van der Waals surface area contributed by atoms with E-state index < -0.39 is 5.60 Å². The summed E-state index contributed by atoms with van der Waals surface area (Å²) in [5, 5.41) is 18.7. The van der Waals surface area contributed by atoms with Gasteiger partial charge < -0.3 is 10.0 Å². The molecule has 0 atom stereocenters. The Morgan fingerprint density at radius 2 is 2.00 bits per heavy atom. The van der Waals surface area contributed by atoms with Crippen molar-refractivity contribution in [3.05, 3.63) is 23.9 Å². The Balaban J connectivity index is 1.94. The zero-order chi connectivity index (χ0) is 13.9. The van der Waals surface area contributed by atoms with E-state index in [0.29, 0.717) is 12.2 Å². The zero-order valence-electron chi connectivity index (χ0n) is 11.5. The normalized spacial score (nSPS) is 17.3. The first-order valence-electron chi connectivity index (χ1n) is 6.55. The van der Waals surface area contributed by atoms with Gasteiger partial charge in [0.1, 0.15) is 17.6 Å². The largest absolute Gasteiger partial charge is 0.389 e. The lowest BCUT2D eigenvalue weighted by atomic mass is 10.1. The first-order chi connectivity index (χ1) is 8.98. The molecule has 0 aliphatic carbocycles. The highest BCUT2D eigenvalue weighted by molar-refractivity contribution is 5.42. The standard InChI is InChI=1S/C14H20N4O/c1-14(2,19)11-17-6-8-18(9-7-17)13-5-3-4-12(10-15)16-13/h3-5,19H,6-9,11H2,1-2H3. The van der Waals surface area contributed by atoms with Gasteiger partial charge in [-0.05, 0) is 26.0 Å². The second kappa shape index (κ2) is 5.55. The number of aliphatic hydroxyl groups is 1. The van der Waals surface area contributed by atoms with Gasteiger partial charge in [-0.15, -0.1) is 0 Å². The third kappa shape index (κ3) is 3.91. The van der Waals surface area contributed by atoms with Crippen molar-refractivity contribution in [2.45, 2.75) is 19.4 Å². The average molecular weight is 260 g/mol. The molecule has 0 unspecified atom stereocenters. The van der Waals surface area contributed by atoms with Gasteiger partial charge in [-0.25, -0.2) is 4.98 Å². The summed E-state index contributed by atoms with van der Waals surface area (Å²) in [6.07, 6.45) is 0. The van der Waals surface area contributed by atoms with Crippen molar-refractivity contribution in [2.75, 3.05) is 37.6 Å². The summed E-state index contributed by atoms with van der Waals surface area (Å²) in [7, 11) is 0. The Bertz CT molecular complexity index is 467. The van der Waals surface area contributed by atoms with E-state index >= 15 is 0 Å². The summed E-state index contributed by atoms with van der Waals surface area (Å²) in [5.41, 5.74) is -0.197. The maximum Gasteiger partial charge on any atom is 0.142 e. The van der Waals surface area contributed by atoms with Gasteiger partial charge in [-0.2, -0.15) is 5.26 Å². The highest BCUT2D eigenvalue weighted by atomic mass is 16.3. The van der Waals surface area contributed by atoms with Crippen molar-refractivity contribution >= 4 is 5.82 Å². The number of nitrogens with zero attached hydrogens (tertiary/aromatic N) is 4. The fourth-order valence-electron chi connectivity index (χ4n) is 2.34. The maximum absolute atomic E-state index is 9.82. The second-order valence-electron chi connectivity index (χ2n) is 5.57. The molecule has 1 N–H and O–H groups in total. The molecule has 5 heteroatoms. The summed E-state index contributed by atoms with van der Waals surface area (Å²) < 4.78 is 0. The van der Waals surface area contributed by atoms with Gasteiger partial charge in [0.05, 0.1) is 5.60 Å². The van der Waals surface area contributed by atoms with E-state index in [4.69, 9.17) is 5.26 Å². The molecule has 0 saturated carbocycles. The van der Waals surface area contributed by atoms with Gasteiger partial charge in [0.25, 0.3) is 0 Å². The first kappa shape index (κ1) is 13.8. The SMILES string of the molecule is CC(C)(O)CN1CCN(c2cccc(C#N)n2)CC1. The molecule has 0 radical (unpaired) electrons. The molecule has 0 spiro atoms. The van der Waals surface area contributed by atoms with Gasteiger partial charge >= 0.3 is 0 Å². The monoisotopic (exact) mass is 260 g/mol. The fraction of sp³-hybridized carbons (Fsp3) is 0.571. The van der Waals surface area contributed by atoms with Crippen LogP contribution in [0.1, 0.15) is 19.5 Å². The maximum atomic E-state index is 9.82. The third-order valence-corrected chi connectivity index (χ3v) is 3.16. The Labute approximate surface area is 114 Å². The number of hydrogen-bond acceptors (Lipinski definition) is 5. The van der Waals surface area contributed by atoms with Crippen molar-refractivity contribution < 1.29 is 5.11 Å². The van der Waals surface area contributed by atoms with E-state index in [-0.39, 0.29) is 0 Å². The van der Waals surface area contributed by atoms with Crippen LogP contribution in [0.2, 0.25) is 0 Å². The molecular weight excluding hydrogens is 240 g/mol. The number of aromatic nitrogens is 1. The van der Waals surface area contributed by atoms with Crippen LogP contribution < -0.4 is 4.90 Å². The van der Waals surface area contributed by atoms with Crippen molar-refractivity contribution in [3.63, 3.8) is 0 Å². The number of anilines is 1. The molecule has 0 aromatic carbocycles. The third-order valence-electron chi connectivity index (χ3n) is 3.16. The van der Waals surface area contributed by atoms with Crippen LogP contribution in [0.15, 0.2) is 18.2 Å². The molecule has 1 saturated heterocycles. The van der Waals surface area contributed by atoms with Gasteiger partial charge in [0.2, 0.25) is 0 Å². The molecular formula is C14H20N4O. The van der Waals surface area contributed by atoms with Crippen LogP contribution in [0, 0.1) is 11.3 Å². The van der Waals surface area contributed by atoms with Crippen LogP contribution in [0.4, 0.5) is 5.82 Å². The van der Waals surface area contributed by atoms with Crippen LogP contribution >= 0.6 is 0 Å². The first-order valence-corrected chi connectivity index (χ1v) is 6.55. The Morgan fingerprint density at radius 1 is 1.32 bits per heavy atom. The topological polar surface area (TPSA) is 63.4 Å². The summed E-state index contributed by atoms with van der Waals surface area (Å²) in [6, 6.07) is 7.58. The lowest BCUT2D eigenvalue weighted by Gasteiger charge is -2.37. The van der Waals surface area contributed by atoms with Crippen molar-refractivity contribution in [1.82, 2.24) is 9.88 Å². The molecule has 1 aliphatic rings. The van der Waals surface area contributed by atoms with Gasteiger partial charge in [0, 0.05) is 32.7 Å². The fourth-order valence-corrected chi connectivity index (χ4v) is 2.34. The van der Waals surface area contributed by atoms with E-state index in [0.717, 1.165) is 32.0 Å². The lowest BCUT2D eigenvalue weighted by Crippen LogP contribution is -2.50. The lowest BCUT2D eigenvalue weighted by molar-refractivity contribution is 0.0344. The van der Waals surface area contributed by atoms with Crippen LogP contribution in [-0.4, -0.2) is 53.3 Å². The predicted molar refractivity (Wildman–Crippen MR) is 73.9 cm³/mol. The summed E-state index contributed by atoms with van der Waals surface area (Å²) in [6.45, 7) is 7.90. The number of rotatable bonds is 3. The van der Waals surface area contributed by atoms with Gasteiger partial charge in [0.15, 0.2) is 0 Å².